The van der Waals surface area contributed by atoms with Crippen LogP contribution in [0.1, 0.15) is 40.0 Å². The lowest BCUT2D eigenvalue weighted by molar-refractivity contribution is 0.289. The number of hydrogen-bond donors (Lipinski definition) is 2. The molecule has 0 saturated heterocycles. The molecule has 0 bridgehead atoms. The van der Waals surface area contributed by atoms with Gasteiger partial charge >= 0.3 is 0 Å². The van der Waals surface area contributed by atoms with Gasteiger partial charge in [-0.15, -0.1) is 0 Å². The van der Waals surface area contributed by atoms with Gasteiger partial charge < -0.3 is 11.1 Å². The van der Waals surface area contributed by atoms with Gasteiger partial charge in [0.25, 0.3) is 0 Å². The van der Waals surface area contributed by atoms with E-state index in [2.05, 4.69) is 26.1 Å². The van der Waals surface area contributed by atoms with E-state index >= 15 is 0 Å². The summed E-state index contributed by atoms with van der Waals surface area (Å²) in [6, 6.07) is 0. The van der Waals surface area contributed by atoms with Crippen LogP contribution in [0, 0.1) is 17.3 Å². The first kappa shape index (κ1) is 12.0. The second-order valence-corrected chi connectivity index (χ2v) is 5.97. The molecule has 1 aliphatic carbocycles. The molecule has 0 aromatic rings. The molecular formula is C12H26N2. The molecule has 1 rings (SSSR count). The molecule has 1 aliphatic rings. The summed E-state index contributed by atoms with van der Waals surface area (Å²) in [7, 11) is 0. The van der Waals surface area contributed by atoms with Gasteiger partial charge in [0, 0.05) is 0 Å². The molecule has 2 nitrogen and oxygen atoms in total. The van der Waals surface area contributed by atoms with Crippen LogP contribution in [0.25, 0.3) is 0 Å². The van der Waals surface area contributed by atoms with Crippen LogP contribution in [0.4, 0.5) is 0 Å². The van der Waals surface area contributed by atoms with Gasteiger partial charge in [0.1, 0.15) is 0 Å². The lowest BCUT2D eigenvalue weighted by Gasteiger charge is -2.25. The Bertz CT molecular complexity index is 156. The van der Waals surface area contributed by atoms with Crippen molar-refractivity contribution in [1.82, 2.24) is 5.32 Å². The normalized spacial score (nSPS) is 19.7. The fourth-order valence-corrected chi connectivity index (χ4v) is 1.92. The zero-order valence-corrected chi connectivity index (χ0v) is 9.97. The van der Waals surface area contributed by atoms with Crippen molar-refractivity contribution in [2.75, 3.05) is 19.6 Å². The van der Waals surface area contributed by atoms with Gasteiger partial charge in [0.2, 0.25) is 0 Å². The first-order valence-corrected chi connectivity index (χ1v) is 5.92. The summed E-state index contributed by atoms with van der Waals surface area (Å²) in [5.74, 6) is 1.62. The van der Waals surface area contributed by atoms with Gasteiger partial charge in [-0.2, -0.15) is 0 Å². The minimum absolute atomic E-state index is 0.408. The maximum atomic E-state index is 5.77. The summed E-state index contributed by atoms with van der Waals surface area (Å²) in [4.78, 5) is 0. The molecule has 0 radical (unpaired) electrons. The number of hydrogen-bond acceptors (Lipinski definition) is 2. The van der Waals surface area contributed by atoms with E-state index in [-0.39, 0.29) is 0 Å². The highest BCUT2D eigenvalue weighted by Crippen LogP contribution is 2.28. The van der Waals surface area contributed by atoms with Gasteiger partial charge in [-0.05, 0) is 56.1 Å². The fourth-order valence-electron chi connectivity index (χ4n) is 1.92. The van der Waals surface area contributed by atoms with E-state index in [1.165, 1.54) is 25.8 Å². The monoisotopic (exact) mass is 198 g/mol. The van der Waals surface area contributed by atoms with Crippen LogP contribution in [0.15, 0.2) is 0 Å². The first-order valence-electron chi connectivity index (χ1n) is 5.92. The molecule has 0 amide bonds. The molecule has 2 heteroatoms. The van der Waals surface area contributed by atoms with Crippen LogP contribution in [0.3, 0.4) is 0 Å². The summed E-state index contributed by atoms with van der Waals surface area (Å²) in [6.45, 7) is 9.99. The lowest BCUT2D eigenvalue weighted by Crippen LogP contribution is -2.32. The van der Waals surface area contributed by atoms with E-state index in [4.69, 9.17) is 5.73 Å². The van der Waals surface area contributed by atoms with E-state index < -0.39 is 0 Å². The topological polar surface area (TPSA) is 38.0 Å². The molecule has 1 fully saturated rings. The highest BCUT2D eigenvalue weighted by molar-refractivity contribution is 4.77. The van der Waals surface area contributed by atoms with Crippen LogP contribution in [0.2, 0.25) is 0 Å². The Morgan fingerprint density at radius 2 is 2.00 bits per heavy atom. The maximum Gasteiger partial charge on any atom is -0.000814 e. The standard InChI is InChI=1S/C12H26N2/c1-12(2,3)6-11(7-13)9-14-8-10-4-5-10/h10-11,14H,4-9,13H2,1-3H3. The van der Waals surface area contributed by atoms with E-state index in [0.29, 0.717) is 11.3 Å². The zero-order valence-electron chi connectivity index (χ0n) is 9.97. The van der Waals surface area contributed by atoms with E-state index in [1.807, 2.05) is 0 Å². The van der Waals surface area contributed by atoms with Crippen LogP contribution >= 0.6 is 0 Å². The summed E-state index contributed by atoms with van der Waals surface area (Å²) in [6.07, 6.45) is 4.08. The summed E-state index contributed by atoms with van der Waals surface area (Å²) in [5.41, 5.74) is 6.18. The molecular weight excluding hydrogens is 172 g/mol. The third kappa shape index (κ3) is 5.61. The van der Waals surface area contributed by atoms with Crippen molar-refractivity contribution < 1.29 is 0 Å². The van der Waals surface area contributed by atoms with Crippen LogP contribution < -0.4 is 11.1 Å². The largest absolute Gasteiger partial charge is 0.330 e. The summed E-state index contributed by atoms with van der Waals surface area (Å²) < 4.78 is 0. The number of nitrogens with one attached hydrogen (secondary N) is 1. The molecule has 0 aliphatic heterocycles. The molecule has 84 valence electrons. The van der Waals surface area contributed by atoms with Gasteiger partial charge in [0.05, 0.1) is 0 Å². The SMILES string of the molecule is CC(C)(C)CC(CN)CNCC1CC1. The van der Waals surface area contributed by atoms with Crippen molar-refractivity contribution in [3.05, 3.63) is 0 Å². The average molecular weight is 198 g/mol. The second kappa shape index (κ2) is 5.13. The molecule has 0 heterocycles. The van der Waals surface area contributed by atoms with Crippen molar-refractivity contribution in [1.29, 1.82) is 0 Å². The van der Waals surface area contributed by atoms with Crippen LogP contribution in [0.5, 0.6) is 0 Å². The Kier molecular flexibility index (Phi) is 4.39. The molecule has 14 heavy (non-hydrogen) atoms. The van der Waals surface area contributed by atoms with Gasteiger partial charge in [-0.25, -0.2) is 0 Å². The predicted molar refractivity (Wildman–Crippen MR) is 62.2 cm³/mol. The average Bonchev–Trinajstić information content (AvgIpc) is 2.84. The fraction of sp³-hybridized carbons (Fsp3) is 1.00. The Hall–Kier alpha value is -0.0800. The Balaban J connectivity index is 2.10. The Labute approximate surface area is 88.6 Å². The lowest BCUT2D eigenvalue weighted by atomic mass is 9.84. The van der Waals surface area contributed by atoms with E-state index in [0.717, 1.165) is 19.0 Å². The first-order chi connectivity index (χ1) is 6.51. The molecule has 0 aromatic heterocycles. The third-order valence-electron chi connectivity index (χ3n) is 2.80. The summed E-state index contributed by atoms with van der Waals surface area (Å²) in [5, 5.41) is 3.54. The third-order valence-corrected chi connectivity index (χ3v) is 2.80. The van der Waals surface area contributed by atoms with Crippen molar-refractivity contribution >= 4 is 0 Å². The highest BCUT2D eigenvalue weighted by atomic mass is 14.9. The maximum absolute atomic E-state index is 5.77. The van der Waals surface area contributed by atoms with Crippen LogP contribution in [-0.2, 0) is 0 Å². The van der Waals surface area contributed by atoms with Gasteiger partial charge in [-0.3, -0.25) is 0 Å². The van der Waals surface area contributed by atoms with Gasteiger partial charge in [0.15, 0.2) is 0 Å². The van der Waals surface area contributed by atoms with Crippen molar-refractivity contribution in [3.8, 4) is 0 Å². The second-order valence-electron chi connectivity index (χ2n) is 5.97. The van der Waals surface area contributed by atoms with Crippen molar-refractivity contribution in [3.63, 3.8) is 0 Å². The van der Waals surface area contributed by atoms with E-state index in [1.54, 1.807) is 0 Å². The smallest absolute Gasteiger partial charge is 0.000814 e. The molecule has 0 aromatic carbocycles. The van der Waals surface area contributed by atoms with Gasteiger partial charge in [-0.1, -0.05) is 20.8 Å². The Morgan fingerprint density at radius 3 is 2.43 bits per heavy atom. The minimum atomic E-state index is 0.408. The number of rotatable bonds is 6. The van der Waals surface area contributed by atoms with Crippen molar-refractivity contribution in [2.45, 2.75) is 40.0 Å². The van der Waals surface area contributed by atoms with Crippen molar-refractivity contribution in [2.24, 2.45) is 23.0 Å². The molecule has 0 spiro atoms. The number of nitrogens with two attached hydrogens (primary N) is 1. The molecule has 1 saturated carbocycles. The molecule has 3 N–H and O–H groups in total. The minimum Gasteiger partial charge on any atom is -0.330 e. The van der Waals surface area contributed by atoms with Crippen LogP contribution in [-0.4, -0.2) is 19.6 Å². The molecule has 1 unspecified atom stereocenters. The Morgan fingerprint density at radius 1 is 1.36 bits per heavy atom. The molecule has 1 atom stereocenters. The quantitative estimate of drug-likeness (QED) is 0.685. The zero-order chi connectivity index (χ0) is 10.6. The highest BCUT2D eigenvalue weighted by Gasteiger charge is 2.22. The van der Waals surface area contributed by atoms with E-state index in [9.17, 15) is 0 Å². The predicted octanol–water partition coefficient (Wildman–Crippen LogP) is 2.00. The summed E-state index contributed by atoms with van der Waals surface area (Å²) >= 11 is 0.